The van der Waals surface area contributed by atoms with Crippen LogP contribution in [-0.4, -0.2) is 80.7 Å². The largest absolute Gasteiger partial charge is 0.480 e. The first-order valence-electron chi connectivity index (χ1n) is 11.1. The lowest BCUT2D eigenvalue weighted by Gasteiger charge is -2.26. The molecule has 1 aromatic heterocycles. The molecule has 33 heavy (non-hydrogen) atoms. The van der Waals surface area contributed by atoms with Gasteiger partial charge in [-0.3, -0.25) is 14.4 Å². The maximum atomic E-state index is 13.1. The molecular weight excluding hydrogens is 432 g/mol. The van der Waals surface area contributed by atoms with Gasteiger partial charge in [0.05, 0.1) is 18.5 Å². The number of hydrogen-bond donors (Lipinski definition) is 7. The Hall–Kier alpha value is -2.99. The van der Waals surface area contributed by atoms with Crippen LogP contribution in [0, 0.1) is 5.92 Å². The van der Waals surface area contributed by atoms with Crippen molar-refractivity contribution >= 4 is 23.7 Å². The van der Waals surface area contributed by atoms with Crippen molar-refractivity contribution in [2.24, 2.45) is 5.92 Å². The second-order valence-corrected chi connectivity index (χ2v) is 8.75. The van der Waals surface area contributed by atoms with E-state index in [-0.39, 0.29) is 24.3 Å². The molecule has 2 rings (SSSR count). The van der Waals surface area contributed by atoms with Gasteiger partial charge in [-0.1, -0.05) is 13.8 Å². The molecule has 1 saturated heterocycles. The number of hydrogen-bond acceptors (Lipinski definition) is 7. The number of carboxylic acid groups (broad SMARTS) is 1. The fraction of sp³-hybridized carbons (Fsp3) is 0.667. The van der Waals surface area contributed by atoms with E-state index in [9.17, 15) is 29.4 Å². The Morgan fingerprint density at radius 3 is 2.33 bits per heavy atom. The summed E-state index contributed by atoms with van der Waals surface area (Å²) in [7, 11) is 0. The van der Waals surface area contributed by atoms with Crippen molar-refractivity contribution in [3.05, 3.63) is 18.2 Å². The minimum absolute atomic E-state index is 0.0102. The molecule has 0 radical (unpaired) electrons. The molecule has 12 heteroatoms. The third-order valence-corrected chi connectivity index (χ3v) is 5.37. The minimum Gasteiger partial charge on any atom is -0.480 e. The van der Waals surface area contributed by atoms with Gasteiger partial charge in [-0.05, 0) is 38.6 Å². The smallest absolute Gasteiger partial charge is 0.328 e. The molecule has 0 aliphatic carbocycles. The van der Waals surface area contributed by atoms with Crippen molar-refractivity contribution in [1.29, 1.82) is 0 Å². The molecule has 1 aromatic rings. The van der Waals surface area contributed by atoms with Crippen LogP contribution in [0.1, 0.15) is 45.7 Å². The zero-order valence-corrected chi connectivity index (χ0v) is 19.1. The van der Waals surface area contributed by atoms with Crippen LogP contribution in [0.25, 0.3) is 0 Å². The number of aromatic nitrogens is 2. The van der Waals surface area contributed by atoms with Gasteiger partial charge in [0.15, 0.2) is 6.04 Å². The number of rotatable bonds is 12. The number of aliphatic hydroxyl groups is 1. The summed E-state index contributed by atoms with van der Waals surface area (Å²) >= 11 is 0. The number of H-pyrrole nitrogens is 1. The van der Waals surface area contributed by atoms with Gasteiger partial charge >= 0.3 is 5.97 Å². The normalized spacial score (nSPS) is 19.4. The van der Waals surface area contributed by atoms with E-state index in [1.807, 2.05) is 13.8 Å². The number of aliphatic carboxylic acids is 1. The molecule has 12 nitrogen and oxygen atoms in total. The highest BCUT2D eigenvalue weighted by Crippen LogP contribution is 2.10. The molecular formula is C21H34N6O6. The first-order valence-corrected chi connectivity index (χ1v) is 11.1. The van der Waals surface area contributed by atoms with E-state index in [1.165, 1.54) is 19.4 Å². The summed E-state index contributed by atoms with van der Waals surface area (Å²) in [5.74, 6) is -2.93. The Morgan fingerprint density at radius 1 is 1.12 bits per heavy atom. The van der Waals surface area contributed by atoms with Crippen LogP contribution >= 0.6 is 0 Å². The molecule has 5 atom stereocenters. The third kappa shape index (κ3) is 8.13. The zero-order chi connectivity index (χ0) is 24.5. The molecule has 2 heterocycles. The van der Waals surface area contributed by atoms with E-state index in [2.05, 4.69) is 31.2 Å². The summed E-state index contributed by atoms with van der Waals surface area (Å²) in [6.07, 6.45) is 3.47. The Kier molecular flexibility index (Phi) is 9.79. The van der Waals surface area contributed by atoms with E-state index in [4.69, 9.17) is 0 Å². The number of nitrogens with zero attached hydrogens (tertiary/aromatic N) is 1. The summed E-state index contributed by atoms with van der Waals surface area (Å²) in [4.78, 5) is 56.7. The molecule has 1 fully saturated rings. The molecule has 0 aromatic carbocycles. The standard InChI is InChI=1S/C21H34N6O6/c1-11(2)7-15(25-18(29)14-5-4-6-23-14)19(30)26-16(8-13-9-22-10-24-13)20(31)27-17(12(3)28)21(32)33/h9-12,14-17,23,28H,4-8H2,1-3H3,(H,22,24)(H,25,29)(H,26,30)(H,27,31)(H,32,33). The lowest BCUT2D eigenvalue weighted by atomic mass is 10.0. The van der Waals surface area contributed by atoms with Gasteiger partial charge in [0.25, 0.3) is 0 Å². The minimum atomic E-state index is -1.54. The van der Waals surface area contributed by atoms with Crippen molar-refractivity contribution in [2.75, 3.05) is 6.54 Å². The third-order valence-electron chi connectivity index (χ3n) is 5.37. The topological polar surface area (TPSA) is 186 Å². The number of imidazole rings is 1. The molecule has 1 aliphatic rings. The van der Waals surface area contributed by atoms with E-state index in [0.717, 1.165) is 13.0 Å². The second kappa shape index (κ2) is 12.3. The lowest BCUT2D eigenvalue weighted by molar-refractivity contribution is -0.145. The number of aromatic amines is 1. The fourth-order valence-corrected chi connectivity index (χ4v) is 3.62. The molecule has 184 valence electrons. The van der Waals surface area contributed by atoms with Gasteiger partial charge in [-0.15, -0.1) is 0 Å². The quantitative estimate of drug-likeness (QED) is 0.197. The lowest BCUT2D eigenvalue weighted by Crippen LogP contribution is -2.59. The highest BCUT2D eigenvalue weighted by Gasteiger charge is 2.33. The van der Waals surface area contributed by atoms with Crippen LogP contribution in [0.4, 0.5) is 0 Å². The van der Waals surface area contributed by atoms with E-state index < -0.39 is 42.0 Å². The summed E-state index contributed by atoms with van der Waals surface area (Å²) in [5.41, 5.74) is 0.541. The first-order chi connectivity index (χ1) is 15.6. The summed E-state index contributed by atoms with van der Waals surface area (Å²) < 4.78 is 0. The van der Waals surface area contributed by atoms with E-state index in [0.29, 0.717) is 18.5 Å². The van der Waals surface area contributed by atoms with Gasteiger partial charge in [0.2, 0.25) is 17.7 Å². The maximum Gasteiger partial charge on any atom is 0.328 e. The average molecular weight is 467 g/mol. The Labute approximate surface area is 192 Å². The number of carboxylic acids is 1. The summed E-state index contributed by atoms with van der Waals surface area (Å²) in [6.45, 7) is 5.80. The van der Waals surface area contributed by atoms with Crippen LogP contribution in [-0.2, 0) is 25.6 Å². The SMILES string of the molecule is CC(C)CC(NC(=O)C1CCCN1)C(=O)NC(Cc1cnc[nH]1)C(=O)NC(C(=O)O)C(C)O. The highest BCUT2D eigenvalue weighted by atomic mass is 16.4. The van der Waals surface area contributed by atoms with Gasteiger partial charge in [-0.2, -0.15) is 0 Å². The molecule has 1 aliphatic heterocycles. The predicted molar refractivity (Wildman–Crippen MR) is 118 cm³/mol. The summed E-state index contributed by atoms with van der Waals surface area (Å²) in [6, 6.07) is -3.93. The van der Waals surface area contributed by atoms with Crippen molar-refractivity contribution in [3.63, 3.8) is 0 Å². The number of nitrogens with one attached hydrogen (secondary N) is 5. The number of carbonyl (C=O) groups excluding carboxylic acids is 3. The van der Waals surface area contributed by atoms with Crippen molar-refractivity contribution in [2.45, 2.75) is 76.7 Å². The number of carbonyl (C=O) groups is 4. The highest BCUT2D eigenvalue weighted by molar-refractivity contribution is 5.94. The second-order valence-electron chi connectivity index (χ2n) is 8.75. The van der Waals surface area contributed by atoms with Crippen LogP contribution in [0.2, 0.25) is 0 Å². The first kappa shape index (κ1) is 26.3. The van der Waals surface area contributed by atoms with Crippen LogP contribution < -0.4 is 21.3 Å². The van der Waals surface area contributed by atoms with Crippen LogP contribution in [0.5, 0.6) is 0 Å². The average Bonchev–Trinajstić information content (AvgIpc) is 3.44. The molecule has 0 saturated carbocycles. The van der Waals surface area contributed by atoms with Gasteiger partial charge in [0.1, 0.15) is 12.1 Å². The van der Waals surface area contributed by atoms with Crippen molar-refractivity contribution in [3.8, 4) is 0 Å². The molecule has 0 bridgehead atoms. The Balaban J connectivity index is 2.16. The fourth-order valence-electron chi connectivity index (χ4n) is 3.62. The number of amides is 3. The Morgan fingerprint density at radius 2 is 1.82 bits per heavy atom. The van der Waals surface area contributed by atoms with Crippen LogP contribution in [0.3, 0.4) is 0 Å². The molecule has 7 N–H and O–H groups in total. The van der Waals surface area contributed by atoms with Gasteiger partial charge in [-0.25, -0.2) is 9.78 Å². The van der Waals surface area contributed by atoms with E-state index in [1.54, 1.807) is 0 Å². The van der Waals surface area contributed by atoms with E-state index >= 15 is 0 Å². The van der Waals surface area contributed by atoms with Crippen molar-refractivity contribution in [1.82, 2.24) is 31.2 Å². The van der Waals surface area contributed by atoms with Gasteiger partial charge in [0, 0.05) is 18.3 Å². The number of aliphatic hydroxyl groups excluding tert-OH is 1. The molecule has 0 spiro atoms. The molecule has 5 unspecified atom stereocenters. The predicted octanol–water partition coefficient (Wildman–Crippen LogP) is -1.33. The van der Waals surface area contributed by atoms with Crippen LogP contribution in [0.15, 0.2) is 12.5 Å². The summed E-state index contributed by atoms with van der Waals surface area (Å²) in [5, 5.41) is 29.7. The maximum absolute atomic E-state index is 13.1. The zero-order valence-electron chi connectivity index (χ0n) is 19.1. The monoisotopic (exact) mass is 466 g/mol. The van der Waals surface area contributed by atoms with Crippen molar-refractivity contribution < 1.29 is 29.4 Å². The molecule has 3 amide bonds. The Bertz CT molecular complexity index is 806. The van der Waals surface area contributed by atoms with Gasteiger partial charge < -0.3 is 36.5 Å².